The first-order valence-electron chi connectivity index (χ1n) is 7.56. The van der Waals surface area contributed by atoms with E-state index >= 15 is 0 Å². The molecule has 5 heteroatoms. The van der Waals surface area contributed by atoms with Crippen molar-refractivity contribution in [1.29, 1.82) is 0 Å². The molecule has 0 amide bonds. The van der Waals surface area contributed by atoms with Gasteiger partial charge in [-0.2, -0.15) is 0 Å². The summed E-state index contributed by atoms with van der Waals surface area (Å²) in [6, 6.07) is 6.32. The molecule has 4 N–H and O–H groups in total. The molecule has 1 unspecified atom stereocenters. The third-order valence-corrected chi connectivity index (χ3v) is 4.05. The van der Waals surface area contributed by atoms with E-state index in [1.807, 2.05) is 18.2 Å². The molecular formula is C16H25N3O2. The van der Waals surface area contributed by atoms with E-state index in [2.05, 4.69) is 17.4 Å². The molecule has 2 rings (SSSR count). The standard InChI is InChI=1S/C16H25N3O2/c1-3-13(8-11-4-5-11)18-10-12-6-7-14(16(17)19-20)15(9-12)21-2/h6-7,9,11,13,18,20H,3-5,8,10H2,1-2H3,(H2,17,19). The average molecular weight is 291 g/mol. The van der Waals surface area contributed by atoms with Gasteiger partial charge >= 0.3 is 0 Å². The summed E-state index contributed by atoms with van der Waals surface area (Å²) in [6.07, 6.45) is 5.20. The highest BCUT2D eigenvalue weighted by Gasteiger charge is 2.24. The fourth-order valence-corrected chi connectivity index (χ4v) is 2.52. The quantitative estimate of drug-likeness (QED) is 0.297. The van der Waals surface area contributed by atoms with Crippen LogP contribution in [-0.4, -0.2) is 24.2 Å². The van der Waals surface area contributed by atoms with Crippen LogP contribution in [0.15, 0.2) is 23.4 Å². The van der Waals surface area contributed by atoms with Crippen molar-refractivity contribution in [3.63, 3.8) is 0 Å². The lowest BCUT2D eigenvalue weighted by atomic mass is 10.1. The molecule has 1 aromatic rings. The SMILES string of the molecule is CCC(CC1CC1)NCc1ccc(/C(N)=N/O)c(OC)c1. The number of benzene rings is 1. The van der Waals surface area contributed by atoms with Crippen molar-refractivity contribution < 1.29 is 9.94 Å². The molecule has 0 spiro atoms. The Morgan fingerprint density at radius 2 is 2.29 bits per heavy atom. The number of rotatable bonds is 8. The predicted molar refractivity (Wildman–Crippen MR) is 83.8 cm³/mol. The molecule has 1 aromatic carbocycles. The van der Waals surface area contributed by atoms with E-state index in [-0.39, 0.29) is 5.84 Å². The molecule has 0 bridgehead atoms. The van der Waals surface area contributed by atoms with Crippen molar-refractivity contribution in [2.75, 3.05) is 7.11 Å². The monoisotopic (exact) mass is 291 g/mol. The minimum absolute atomic E-state index is 0.0616. The molecule has 1 atom stereocenters. The average Bonchev–Trinajstić information content (AvgIpc) is 3.34. The third-order valence-electron chi connectivity index (χ3n) is 4.05. The Bertz CT molecular complexity index is 498. The van der Waals surface area contributed by atoms with Crippen molar-refractivity contribution in [2.24, 2.45) is 16.8 Å². The Labute approximate surface area is 126 Å². The first-order valence-corrected chi connectivity index (χ1v) is 7.56. The fourth-order valence-electron chi connectivity index (χ4n) is 2.52. The lowest BCUT2D eigenvalue weighted by molar-refractivity contribution is 0.318. The predicted octanol–water partition coefficient (Wildman–Crippen LogP) is 2.46. The summed E-state index contributed by atoms with van der Waals surface area (Å²) in [6.45, 7) is 3.03. The molecule has 0 heterocycles. The Kier molecular flexibility index (Phi) is 5.44. The van der Waals surface area contributed by atoms with E-state index in [1.54, 1.807) is 7.11 Å². The highest BCUT2D eigenvalue weighted by atomic mass is 16.5. The van der Waals surface area contributed by atoms with E-state index < -0.39 is 0 Å². The van der Waals surface area contributed by atoms with Crippen molar-refractivity contribution >= 4 is 5.84 Å². The van der Waals surface area contributed by atoms with E-state index in [9.17, 15) is 0 Å². The molecule has 1 fully saturated rings. The molecular weight excluding hydrogens is 266 g/mol. The summed E-state index contributed by atoms with van der Waals surface area (Å²) < 4.78 is 5.32. The fraction of sp³-hybridized carbons (Fsp3) is 0.562. The van der Waals surface area contributed by atoms with Gasteiger partial charge < -0.3 is 21.0 Å². The highest BCUT2D eigenvalue weighted by Crippen LogP contribution is 2.34. The number of nitrogens with one attached hydrogen (secondary N) is 1. The van der Waals surface area contributed by atoms with Crippen molar-refractivity contribution in [1.82, 2.24) is 5.32 Å². The van der Waals surface area contributed by atoms with Crippen LogP contribution in [0.2, 0.25) is 0 Å². The van der Waals surface area contributed by atoms with Gasteiger partial charge in [-0.15, -0.1) is 0 Å². The molecule has 5 nitrogen and oxygen atoms in total. The largest absolute Gasteiger partial charge is 0.496 e. The van der Waals surface area contributed by atoms with Gasteiger partial charge in [0.05, 0.1) is 12.7 Å². The number of hydrogen-bond acceptors (Lipinski definition) is 4. The Balaban J connectivity index is 1.99. The van der Waals surface area contributed by atoms with Crippen molar-refractivity contribution in [2.45, 2.75) is 45.2 Å². The van der Waals surface area contributed by atoms with E-state index in [0.29, 0.717) is 17.4 Å². The van der Waals surface area contributed by atoms with Crippen molar-refractivity contribution in [3.8, 4) is 5.75 Å². The Hall–Kier alpha value is -1.75. The normalized spacial score (nSPS) is 16.8. The maximum absolute atomic E-state index is 8.77. The molecule has 1 aliphatic rings. The van der Waals surface area contributed by atoms with Crippen LogP contribution in [0.5, 0.6) is 5.75 Å². The lowest BCUT2D eigenvalue weighted by Crippen LogP contribution is -2.28. The molecule has 0 radical (unpaired) electrons. The van der Waals surface area contributed by atoms with Crippen LogP contribution in [-0.2, 0) is 6.54 Å². The third kappa shape index (κ3) is 4.36. The number of ether oxygens (including phenoxy) is 1. The second-order valence-corrected chi connectivity index (χ2v) is 5.69. The number of hydrogen-bond donors (Lipinski definition) is 3. The zero-order valence-corrected chi connectivity index (χ0v) is 12.8. The summed E-state index contributed by atoms with van der Waals surface area (Å²) in [5.74, 6) is 1.62. The van der Waals surface area contributed by atoms with Gasteiger partial charge in [-0.3, -0.25) is 0 Å². The van der Waals surface area contributed by atoms with E-state index in [1.165, 1.54) is 19.3 Å². The van der Waals surface area contributed by atoms with Crippen LogP contribution >= 0.6 is 0 Å². The van der Waals surface area contributed by atoms with Gasteiger partial charge in [0.15, 0.2) is 5.84 Å². The summed E-state index contributed by atoms with van der Waals surface area (Å²) in [5, 5.41) is 15.4. The number of amidine groups is 1. The van der Waals surface area contributed by atoms with E-state index in [0.717, 1.165) is 24.4 Å². The van der Waals surface area contributed by atoms with E-state index in [4.69, 9.17) is 15.7 Å². The molecule has 1 saturated carbocycles. The maximum Gasteiger partial charge on any atom is 0.173 e. The molecule has 0 saturated heterocycles. The van der Waals surface area contributed by atoms with Gasteiger partial charge in [0.2, 0.25) is 0 Å². The molecule has 21 heavy (non-hydrogen) atoms. The number of nitrogens with zero attached hydrogens (tertiary/aromatic N) is 1. The van der Waals surface area contributed by atoms with Crippen LogP contribution in [0, 0.1) is 5.92 Å². The highest BCUT2D eigenvalue weighted by molar-refractivity contribution is 5.99. The number of nitrogens with two attached hydrogens (primary N) is 1. The van der Waals surface area contributed by atoms with Crippen molar-refractivity contribution in [3.05, 3.63) is 29.3 Å². The molecule has 0 aliphatic heterocycles. The zero-order valence-electron chi connectivity index (χ0n) is 12.8. The van der Waals surface area contributed by atoms with Gasteiger partial charge in [-0.25, -0.2) is 0 Å². The Morgan fingerprint density at radius 3 is 2.86 bits per heavy atom. The van der Waals surface area contributed by atoms with Crippen LogP contribution in [0.25, 0.3) is 0 Å². The lowest BCUT2D eigenvalue weighted by Gasteiger charge is -2.17. The number of oxime groups is 1. The molecule has 0 aromatic heterocycles. The van der Waals surface area contributed by atoms with Gasteiger partial charge in [-0.1, -0.05) is 31.0 Å². The maximum atomic E-state index is 8.77. The molecule has 1 aliphatic carbocycles. The topological polar surface area (TPSA) is 79.9 Å². The second kappa shape index (κ2) is 7.31. The van der Waals surface area contributed by atoms with Gasteiger partial charge in [0.1, 0.15) is 5.75 Å². The van der Waals surface area contributed by atoms with Crippen LogP contribution in [0.1, 0.15) is 43.7 Å². The summed E-state index contributed by atoms with van der Waals surface area (Å²) >= 11 is 0. The second-order valence-electron chi connectivity index (χ2n) is 5.69. The minimum atomic E-state index is 0.0616. The van der Waals surface area contributed by atoms with Gasteiger partial charge in [0, 0.05) is 12.6 Å². The number of methoxy groups -OCH3 is 1. The molecule has 116 valence electrons. The van der Waals surface area contributed by atoms with Crippen LogP contribution in [0.3, 0.4) is 0 Å². The first-order chi connectivity index (χ1) is 10.2. The van der Waals surface area contributed by atoms with Crippen LogP contribution in [0.4, 0.5) is 0 Å². The first kappa shape index (κ1) is 15.6. The summed E-state index contributed by atoms with van der Waals surface area (Å²) in [4.78, 5) is 0. The minimum Gasteiger partial charge on any atom is -0.496 e. The van der Waals surface area contributed by atoms with Crippen LogP contribution < -0.4 is 15.8 Å². The smallest absolute Gasteiger partial charge is 0.173 e. The zero-order chi connectivity index (χ0) is 15.2. The van der Waals surface area contributed by atoms with Gasteiger partial charge in [0.25, 0.3) is 0 Å². The van der Waals surface area contributed by atoms with Gasteiger partial charge in [-0.05, 0) is 36.5 Å². The summed E-state index contributed by atoms with van der Waals surface area (Å²) in [5.41, 5.74) is 7.37. The summed E-state index contributed by atoms with van der Waals surface area (Å²) in [7, 11) is 1.59. The Morgan fingerprint density at radius 1 is 1.52 bits per heavy atom.